The molecule has 0 aromatic heterocycles. The van der Waals surface area contributed by atoms with Gasteiger partial charge in [0.25, 0.3) is 0 Å². The molecule has 0 bridgehead atoms. The number of hydrogen-bond acceptors (Lipinski definition) is 3. The first-order chi connectivity index (χ1) is 8.74. The lowest BCUT2D eigenvalue weighted by atomic mass is 9.91. The second-order valence-electron chi connectivity index (χ2n) is 4.69. The van der Waals surface area contributed by atoms with E-state index in [0.29, 0.717) is 5.92 Å². The van der Waals surface area contributed by atoms with Gasteiger partial charge in [0.15, 0.2) is 11.6 Å². The Morgan fingerprint density at radius 1 is 1.56 bits per heavy atom. The highest BCUT2D eigenvalue weighted by atomic mass is 19.1. The van der Waals surface area contributed by atoms with Crippen LogP contribution in [0.3, 0.4) is 0 Å². The second kappa shape index (κ2) is 5.83. The van der Waals surface area contributed by atoms with Crippen molar-refractivity contribution in [2.75, 3.05) is 20.2 Å². The van der Waals surface area contributed by atoms with Crippen molar-refractivity contribution in [3.05, 3.63) is 29.1 Å². The van der Waals surface area contributed by atoms with E-state index in [2.05, 4.69) is 5.32 Å². The standard InChI is InChI=1S/C14H17FN2O/c1-18-14-12(8-16)6-11(7-13(14)15)5-10-3-2-4-17-9-10/h6-7,10,17H,2-5,9H2,1H3. The first-order valence-corrected chi connectivity index (χ1v) is 6.22. The molecule has 3 nitrogen and oxygen atoms in total. The maximum absolute atomic E-state index is 13.8. The zero-order chi connectivity index (χ0) is 13.0. The van der Waals surface area contributed by atoms with E-state index < -0.39 is 5.82 Å². The van der Waals surface area contributed by atoms with Gasteiger partial charge in [0.2, 0.25) is 0 Å². The number of halogens is 1. The quantitative estimate of drug-likeness (QED) is 0.892. The van der Waals surface area contributed by atoms with E-state index in [0.717, 1.165) is 37.9 Å². The van der Waals surface area contributed by atoms with Crippen molar-refractivity contribution in [3.63, 3.8) is 0 Å². The molecule has 1 N–H and O–H groups in total. The van der Waals surface area contributed by atoms with Crippen LogP contribution >= 0.6 is 0 Å². The van der Waals surface area contributed by atoms with Gasteiger partial charge in [0.05, 0.1) is 12.7 Å². The van der Waals surface area contributed by atoms with Crippen molar-refractivity contribution >= 4 is 0 Å². The van der Waals surface area contributed by atoms with Gasteiger partial charge in [-0.15, -0.1) is 0 Å². The summed E-state index contributed by atoms with van der Waals surface area (Å²) in [6.07, 6.45) is 3.12. The summed E-state index contributed by atoms with van der Waals surface area (Å²) < 4.78 is 18.7. The minimum atomic E-state index is -0.449. The van der Waals surface area contributed by atoms with E-state index in [1.54, 1.807) is 6.07 Å². The monoisotopic (exact) mass is 248 g/mol. The Hall–Kier alpha value is -1.60. The van der Waals surface area contributed by atoms with E-state index in [4.69, 9.17) is 10.00 Å². The molecule has 0 amide bonds. The largest absolute Gasteiger partial charge is 0.492 e. The molecule has 1 atom stereocenters. The third kappa shape index (κ3) is 2.80. The van der Waals surface area contributed by atoms with Gasteiger partial charge >= 0.3 is 0 Å². The molecular weight excluding hydrogens is 231 g/mol. The number of benzene rings is 1. The van der Waals surface area contributed by atoms with E-state index in [1.165, 1.54) is 13.2 Å². The van der Waals surface area contributed by atoms with Gasteiger partial charge in [0.1, 0.15) is 6.07 Å². The molecule has 1 unspecified atom stereocenters. The fraction of sp³-hybridized carbons (Fsp3) is 0.500. The Morgan fingerprint density at radius 3 is 3.00 bits per heavy atom. The number of hydrogen-bond donors (Lipinski definition) is 1. The number of nitriles is 1. The van der Waals surface area contributed by atoms with E-state index in [-0.39, 0.29) is 11.3 Å². The SMILES string of the molecule is COc1c(F)cc(CC2CCCNC2)cc1C#N. The number of piperidine rings is 1. The van der Waals surface area contributed by atoms with Crippen LogP contribution in [-0.4, -0.2) is 20.2 Å². The summed E-state index contributed by atoms with van der Waals surface area (Å²) in [5.74, 6) is 0.122. The highest BCUT2D eigenvalue weighted by Gasteiger charge is 2.16. The normalized spacial score (nSPS) is 19.3. The predicted octanol–water partition coefficient (Wildman–Crippen LogP) is 2.25. The zero-order valence-corrected chi connectivity index (χ0v) is 10.5. The lowest BCUT2D eigenvalue weighted by Gasteiger charge is -2.22. The smallest absolute Gasteiger partial charge is 0.172 e. The molecule has 18 heavy (non-hydrogen) atoms. The Labute approximate surface area is 107 Å². The predicted molar refractivity (Wildman–Crippen MR) is 67.0 cm³/mol. The molecule has 1 fully saturated rings. The molecule has 1 heterocycles. The molecule has 1 aliphatic rings. The number of nitrogens with one attached hydrogen (secondary N) is 1. The first kappa shape index (κ1) is 12.8. The van der Waals surface area contributed by atoms with E-state index >= 15 is 0 Å². The average molecular weight is 248 g/mol. The van der Waals surface area contributed by atoms with Gasteiger partial charge in [-0.2, -0.15) is 5.26 Å². The lowest BCUT2D eigenvalue weighted by Crippen LogP contribution is -2.30. The Balaban J connectivity index is 2.18. The van der Waals surface area contributed by atoms with Crippen LogP contribution in [0.2, 0.25) is 0 Å². The fourth-order valence-electron chi connectivity index (χ4n) is 2.49. The van der Waals surface area contributed by atoms with Gasteiger partial charge in [-0.1, -0.05) is 0 Å². The number of ether oxygens (including phenoxy) is 1. The molecule has 2 rings (SSSR count). The summed E-state index contributed by atoms with van der Waals surface area (Å²) in [4.78, 5) is 0. The highest BCUT2D eigenvalue weighted by Crippen LogP contribution is 2.26. The summed E-state index contributed by atoms with van der Waals surface area (Å²) in [5.41, 5.74) is 1.15. The molecule has 1 aromatic carbocycles. The molecule has 1 saturated heterocycles. The molecule has 1 aliphatic heterocycles. The second-order valence-corrected chi connectivity index (χ2v) is 4.69. The van der Waals surface area contributed by atoms with Crippen LogP contribution in [0.1, 0.15) is 24.0 Å². The van der Waals surface area contributed by atoms with Gasteiger partial charge in [-0.05, 0) is 56.0 Å². The summed E-state index contributed by atoms with van der Waals surface area (Å²) in [6.45, 7) is 2.03. The van der Waals surface area contributed by atoms with Crippen LogP contribution in [0, 0.1) is 23.1 Å². The number of methoxy groups -OCH3 is 1. The van der Waals surface area contributed by atoms with Gasteiger partial charge < -0.3 is 10.1 Å². The van der Waals surface area contributed by atoms with Crippen LogP contribution in [0.4, 0.5) is 4.39 Å². The zero-order valence-electron chi connectivity index (χ0n) is 10.5. The molecule has 1 aromatic rings. The number of rotatable bonds is 3. The van der Waals surface area contributed by atoms with Gasteiger partial charge in [-0.25, -0.2) is 4.39 Å². The van der Waals surface area contributed by atoms with Crippen LogP contribution in [-0.2, 0) is 6.42 Å². The maximum Gasteiger partial charge on any atom is 0.172 e. The Kier molecular flexibility index (Phi) is 4.16. The highest BCUT2D eigenvalue weighted by molar-refractivity contribution is 5.46. The van der Waals surface area contributed by atoms with Crippen LogP contribution in [0.15, 0.2) is 12.1 Å². The summed E-state index contributed by atoms with van der Waals surface area (Å²) in [5, 5.41) is 12.3. The Morgan fingerprint density at radius 2 is 2.39 bits per heavy atom. The third-order valence-corrected chi connectivity index (χ3v) is 3.35. The minimum Gasteiger partial charge on any atom is -0.492 e. The van der Waals surface area contributed by atoms with Gasteiger partial charge in [0, 0.05) is 0 Å². The van der Waals surface area contributed by atoms with Crippen LogP contribution in [0.25, 0.3) is 0 Å². The van der Waals surface area contributed by atoms with E-state index in [9.17, 15) is 4.39 Å². The summed E-state index contributed by atoms with van der Waals surface area (Å²) >= 11 is 0. The number of nitrogens with zero attached hydrogens (tertiary/aromatic N) is 1. The fourth-order valence-corrected chi connectivity index (χ4v) is 2.49. The van der Waals surface area contributed by atoms with Crippen LogP contribution in [0.5, 0.6) is 5.75 Å². The van der Waals surface area contributed by atoms with Crippen molar-refractivity contribution in [2.24, 2.45) is 5.92 Å². The average Bonchev–Trinajstić information content (AvgIpc) is 2.39. The molecule has 96 valence electrons. The van der Waals surface area contributed by atoms with Gasteiger partial charge in [-0.3, -0.25) is 0 Å². The topological polar surface area (TPSA) is 45.0 Å². The van der Waals surface area contributed by atoms with Crippen molar-refractivity contribution in [1.29, 1.82) is 5.26 Å². The Bertz CT molecular complexity index is 462. The van der Waals surface area contributed by atoms with E-state index in [1.807, 2.05) is 6.07 Å². The first-order valence-electron chi connectivity index (χ1n) is 6.22. The van der Waals surface area contributed by atoms with Crippen molar-refractivity contribution < 1.29 is 9.13 Å². The molecular formula is C14H17FN2O. The lowest BCUT2D eigenvalue weighted by molar-refractivity contribution is 0.372. The van der Waals surface area contributed by atoms with Crippen molar-refractivity contribution in [1.82, 2.24) is 5.32 Å². The molecule has 0 spiro atoms. The minimum absolute atomic E-state index is 0.0445. The third-order valence-electron chi connectivity index (χ3n) is 3.35. The maximum atomic E-state index is 13.8. The van der Waals surface area contributed by atoms with Crippen LogP contribution < -0.4 is 10.1 Å². The summed E-state index contributed by atoms with van der Waals surface area (Å²) in [7, 11) is 1.38. The van der Waals surface area contributed by atoms with Crippen molar-refractivity contribution in [2.45, 2.75) is 19.3 Å². The molecule has 0 saturated carbocycles. The van der Waals surface area contributed by atoms with Crippen molar-refractivity contribution in [3.8, 4) is 11.8 Å². The molecule has 0 radical (unpaired) electrons. The molecule has 4 heteroatoms. The molecule has 0 aliphatic carbocycles. The summed E-state index contributed by atoms with van der Waals surface area (Å²) in [6, 6.07) is 5.20.